The van der Waals surface area contributed by atoms with Crippen LogP contribution in [0.25, 0.3) is 22.8 Å². The maximum Gasteiger partial charge on any atom is 0.253 e. The average Bonchev–Trinajstić information content (AvgIpc) is 2.56. The van der Waals surface area contributed by atoms with E-state index in [9.17, 15) is 9.60 Å². The van der Waals surface area contributed by atoms with Crippen LogP contribution in [0.5, 0.6) is 0 Å². The van der Waals surface area contributed by atoms with Crippen molar-refractivity contribution in [1.82, 2.24) is 0 Å². The molecule has 0 aliphatic heterocycles. The lowest BCUT2D eigenvalue weighted by atomic mass is 10.1. The Morgan fingerprint density at radius 3 is 2.50 bits per heavy atom. The molecule has 4 heteroatoms. The highest BCUT2D eigenvalue weighted by atomic mass is 19.1. The van der Waals surface area contributed by atoms with Crippen LogP contribution in [0.1, 0.15) is 16.8 Å². The van der Waals surface area contributed by atoms with E-state index in [1.54, 1.807) is 48.5 Å². The summed E-state index contributed by atoms with van der Waals surface area (Å²) in [6.07, 6.45) is 1.28. The number of halogens is 1. The van der Waals surface area contributed by atoms with Crippen molar-refractivity contribution in [2.24, 2.45) is 0 Å². The summed E-state index contributed by atoms with van der Waals surface area (Å²) in [7, 11) is 0. The highest BCUT2D eigenvalue weighted by molar-refractivity contribution is 5.79. The van der Waals surface area contributed by atoms with Crippen LogP contribution < -0.4 is 4.73 Å². The van der Waals surface area contributed by atoms with E-state index in [1.165, 1.54) is 12.1 Å². The van der Waals surface area contributed by atoms with Gasteiger partial charge in [0.25, 0.3) is 5.69 Å². The summed E-state index contributed by atoms with van der Waals surface area (Å²) in [6.45, 7) is 0. The van der Waals surface area contributed by atoms with Gasteiger partial charge in [-0.1, -0.05) is 24.3 Å². The zero-order valence-electron chi connectivity index (χ0n) is 11.5. The van der Waals surface area contributed by atoms with Crippen LogP contribution in [0.15, 0.2) is 60.7 Å². The third-order valence-electron chi connectivity index (χ3n) is 3.37. The summed E-state index contributed by atoms with van der Waals surface area (Å²) in [6, 6.07) is 18.7. The Morgan fingerprint density at radius 2 is 1.77 bits per heavy atom. The SMILES string of the molecule is N#Cc1ccc(/C=C(\F)c2ccc3ccccc3[n+]2[O-])cc1. The number of hydrogen-bond acceptors (Lipinski definition) is 2. The second-order valence-corrected chi connectivity index (χ2v) is 4.80. The van der Waals surface area contributed by atoms with Gasteiger partial charge in [0.15, 0.2) is 5.83 Å². The van der Waals surface area contributed by atoms with Crippen molar-refractivity contribution in [2.45, 2.75) is 0 Å². The largest absolute Gasteiger partial charge is 0.618 e. The van der Waals surface area contributed by atoms with Crippen LogP contribution in [0.3, 0.4) is 0 Å². The minimum atomic E-state index is -0.620. The van der Waals surface area contributed by atoms with E-state index >= 15 is 0 Å². The quantitative estimate of drug-likeness (QED) is 0.532. The molecule has 2 aromatic carbocycles. The molecular weight excluding hydrogens is 279 g/mol. The van der Waals surface area contributed by atoms with Crippen molar-refractivity contribution in [3.8, 4) is 6.07 Å². The summed E-state index contributed by atoms with van der Waals surface area (Å²) in [4.78, 5) is 0. The zero-order chi connectivity index (χ0) is 15.5. The van der Waals surface area contributed by atoms with Gasteiger partial charge in [0, 0.05) is 17.5 Å². The molecule has 0 aliphatic carbocycles. The smallest absolute Gasteiger partial charge is 0.253 e. The Kier molecular flexibility index (Phi) is 3.55. The predicted molar refractivity (Wildman–Crippen MR) is 83.0 cm³/mol. The first kappa shape index (κ1) is 13.8. The molecule has 0 unspecified atom stereocenters. The maximum atomic E-state index is 14.4. The molecule has 0 N–H and O–H groups in total. The minimum Gasteiger partial charge on any atom is -0.618 e. The number of para-hydroxylation sites is 1. The van der Waals surface area contributed by atoms with Gasteiger partial charge < -0.3 is 5.21 Å². The molecule has 3 aromatic rings. The lowest BCUT2D eigenvalue weighted by Crippen LogP contribution is -2.31. The number of rotatable bonds is 2. The Bertz CT molecular complexity index is 909. The maximum absolute atomic E-state index is 14.4. The monoisotopic (exact) mass is 290 g/mol. The zero-order valence-corrected chi connectivity index (χ0v) is 11.5. The number of nitriles is 1. The molecule has 1 aromatic heterocycles. The molecule has 0 radical (unpaired) electrons. The fourth-order valence-electron chi connectivity index (χ4n) is 2.23. The first-order valence-electron chi connectivity index (χ1n) is 6.68. The summed E-state index contributed by atoms with van der Waals surface area (Å²) in [5.41, 5.74) is 1.47. The molecule has 0 saturated carbocycles. The standard InChI is InChI=1S/C18H11FN2O/c19-16(11-13-5-7-14(12-20)8-6-13)18-10-9-15-3-1-2-4-17(15)21(18)22/h1-11H/b16-11-. The molecule has 0 atom stereocenters. The summed E-state index contributed by atoms with van der Waals surface area (Å²) in [5.74, 6) is -0.620. The van der Waals surface area contributed by atoms with E-state index in [2.05, 4.69) is 0 Å². The van der Waals surface area contributed by atoms with E-state index in [4.69, 9.17) is 5.26 Å². The normalized spacial score (nSPS) is 11.4. The molecule has 0 bridgehead atoms. The molecule has 0 aliphatic rings. The minimum absolute atomic E-state index is 0.0388. The third kappa shape index (κ3) is 2.52. The number of nitrogens with zero attached hydrogens (tertiary/aromatic N) is 2. The highest BCUT2D eigenvalue weighted by Crippen LogP contribution is 2.19. The van der Waals surface area contributed by atoms with Crippen LogP contribution in [0.4, 0.5) is 4.39 Å². The van der Waals surface area contributed by atoms with Gasteiger partial charge in [-0.2, -0.15) is 14.4 Å². The van der Waals surface area contributed by atoms with Crippen molar-refractivity contribution in [3.63, 3.8) is 0 Å². The van der Waals surface area contributed by atoms with Gasteiger partial charge in [-0.25, -0.2) is 0 Å². The molecule has 106 valence electrons. The lowest BCUT2D eigenvalue weighted by molar-refractivity contribution is -0.580. The van der Waals surface area contributed by atoms with Crippen LogP contribution in [-0.2, 0) is 0 Å². The number of pyridine rings is 1. The average molecular weight is 290 g/mol. The van der Waals surface area contributed by atoms with Crippen LogP contribution >= 0.6 is 0 Å². The summed E-state index contributed by atoms with van der Waals surface area (Å²) in [5, 5.41) is 21.8. The van der Waals surface area contributed by atoms with Crippen molar-refractivity contribution >= 4 is 22.8 Å². The van der Waals surface area contributed by atoms with Crippen molar-refractivity contribution in [1.29, 1.82) is 5.26 Å². The van der Waals surface area contributed by atoms with Gasteiger partial charge in [-0.15, -0.1) is 0 Å². The van der Waals surface area contributed by atoms with Gasteiger partial charge in [0.05, 0.1) is 11.6 Å². The topological polar surface area (TPSA) is 50.7 Å². The molecule has 22 heavy (non-hydrogen) atoms. The van der Waals surface area contributed by atoms with E-state index in [1.807, 2.05) is 12.1 Å². The molecule has 3 nitrogen and oxygen atoms in total. The fourth-order valence-corrected chi connectivity index (χ4v) is 2.23. The van der Waals surface area contributed by atoms with Gasteiger partial charge in [-0.3, -0.25) is 0 Å². The molecule has 0 fully saturated rings. The van der Waals surface area contributed by atoms with Crippen molar-refractivity contribution in [3.05, 3.63) is 82.7 Å². The number of hydrogen-bond donors (Lipinski definition) is 0. The van der Waals surface area contributed by atoms with Crippen molar-refractivity contribution in [2.75, 3.05) is 0 Å². The van der Waals surface area contributed by atoms with Crippen LogP contribution in [0, 0.1) is 16.5 Å². The second kappa shape index (κ2) is 5.66. The molecular formula is C18H11FN2O. The van der Waals surface area contributed by atoms with Crippen LogP contribution in [-0.4, -0.2) is 0 Å². The summed E-state index contributed by atoms with van der Waals surface area (Å²) < 4.78 is 15.0. The number of fused-ring (bicyclic) bond motifs is 1. The van der Waals surface area contributed by atoms with Crippen LogP contribution in [0.2, 0.25) is 0 Å². The van der Waals surface area contributed by atoms with Gasteiger partial charge in [-0.05, 0) is 35.9 Å². The Balaban J connectivity index is 2.04. The van der Waals surface area contributed by atoms with Gasteiger partial charge in [0.2, 0.25) is 5.52 Å². The van der Waals surface area contributed by atoms with E-state index < -0.39 is 5.83 Å². The Hall–Kier alpha value is -3.19. The van der Waals surface area contributed by atoms with Crippen molar-refractivity contribution < 1.29 is 9.12 Å². The third-order valence-corrected chi connectivity index (χ3v) is 3.37. The molecule has 0 saturated heterocycles. The molecule has 0 amide bonds. The molecule has 1 heterocycles. The molecule has 3 rings (SSSR count). The second-order valence-electron chi connectivity index (χ2n) is 4.80. The predicted octanol–water partition coefficient (Wildman–Crippen LogP) is 3.81. The lowest BCUT2D eigenvalue weighted by Gasteiger charge is -2.06. The first-order chi connectivity index (χ1) is 10.7. The Morgan fingerprint density at radius 1 is 1.05 bits per heavy atom. The van der Waals surface area contributed by atoms with E-state index in [0.717, 1.165) is 5.39 Å². The highest BCUT2D eigenvalue weighted by Gasteiger charge is 2.14. The van der Waals surface area contributed by atoms with E-state index in [-0.39, 0.29) is 5.69 Å². The van der Waals surface area contributed by atoms with Gasteiger partial charge in [0.1, 0.15) is 0 Å². The first-order valence-corrected chi connectivity index (χ1v) is 6.68. The van der Waals surface area contributed by atoms with Gasteiger partial charge >= 0.3 is 0 Å². The number of aromatic nitrogens is 1. The van der Waals surface area contributed by atoms with E-state index in [0.29, 0.717) is 21.4 Å². The fraction of sp³-hybridized carbons (Fsp3) is 0. The number of benzene rings is 2. The summed E-state index contributed by atoms with van der Waals surface area (Å²) >= 11 is 0. The molecule has 0 spiro atoms. The Labute approximate surface area is 126 Å².